The highest BCUT2D eigenvalue weighted by atomic mass is 16.5. The molecule has 0 atom stereocenters. The van der Waals surface area contributed by atoms with Crippen LogP contribution in [-0.4, -0.2) is 34.2 Å². The molecule has 2 aromatic heterocycles. The molecule has 0 aliphatic carbocycles. The first-order valence-corrected chi connectivity index (χ1v) is 6.55. The van der Waals surface area contributed by atoms with Crippen molar-refractivity contribution in [2.75, 3.05) is 19.5 Å². The maximum atomic E-state index is 11.8. The lowest BCUT2D eigenvalue weighted by molar-refractivity contribution is 0.0521. The number of nitrogens with zero attached hydrogens (tertiary/aromatic N) is 3. The molecule has 0 aromatic carbocycles. The molecule has 0 radical (unpaired) electrons. The minimum atomic E-state index is -0.510. The van der Waals surface area contributed by atoms with E-state index in [1.54, 1.807) is 37.8 Å². The number of imidazole rings is 1. The van der Waals surface area contributed by atoms with Gasteiger partial charge < -0.3 is 19.8 Å². The molecule has 0 spiro atoms. The van der Waals surface area contributed by atoms with Crippen LogP contribution < -0.4 is 10.5 Å². The number of hydrogen-bond donors (Lipinski definition) is 1. The lowest BCUT2D eigenvalue weighted by atomic mass is 10.3. The van der Waals surface area contributed by atoms with Gasteiger partial charge in [-0.15, -0.1) is 0 Å². The van der Waals surface area contributed by atoms with Crippen LogP contribution in [0.5, 0.6) is 5.88 Å². The zero-order valence-electron chi connectivity index (χ0n) is 12.3. The number of rotatable bonds is 5. The normalized spacial score (nSPS) is 10.4. The second kappa shape index (κ2) is 6.25. The van der Waals surface area contributed by atoms with Crippen molar-refractivity contribution in [3.05, 3.63) is 35.4 Å². The number of pyridine rings is 1. The van der Waals surface area contributed by atoms with Crippen LogP contribution in [0.25, 0.3) is 0 Å². The number of esters is 1. The van der Waals surface area contributed by atoms with Crippen molar-refractivity contribution in [2.24, 2.45) is 0 Å². The van der Waals surface area contributed by atoms with Gasteiger partial charge in [0.15, 0.2) is 5.69 Å². The van der Waals surface area contributed by atoms with Crippen molar-refractivity contribution in [1.82, 2.24) is 14.5 Å². The molecule has 2 aromatic rings. The van der Waals surface area contributed by atoms with E-state index < -0.39 is 5.97 Å². The van der Waals surface area contributed by atoms with E-state index in [4.69, 9.17) is 15.2 Å². The van der Waals surface area contributed by atoms with E-state index in [1.165, 1.54) is 0 Å². The van der Waals surface area contributed by atoms with Gasteiger partial charge in [-0.25, -0.2) is 14.8 Å². The quantitative estimate of drug-likeness (QED) is 0.837. The number of ether oxygens (including phenoxy) is 2. The third-order valence-electron chi connectivity index (χ3n) is 3.01. The van der Waals surface area contributed by atoms with Crippen LogP contribution in [0, 0.1) is 6.92 Å². The third-order valence-corrected chi connectivity index (χ3v) is 3.01. The first kappa shape index (κ1) is 14.8. The van der Waals surface area contributed by atoms with E-state index in [0.717, 1.165) is 5.56 Å². The SMILES string of the molecule is CCOC(=O)c1nc(C)n(Cc2ccc(OC)nc2)c1N. The Kier molecular flexibility index (Phi) is 4.42. The van der Waals surface area contributed by atoms with Crippen molar-refractivity contribution < 1.29 is 14.3 Å². The first-order chi connectivity index (χ1) is 10.1. The molecule has 0 aliphatic heterocycles. The van der Waals surface area contributed by atoms with Gasteiger partial charge in [0.1, 0.15) is 11.6 Å². The zero-order chi connectivity index (χ0) is 15.4. The van der Waals surface area contributed by atoms with Gasteiger partial charge in [-0.3, -0.25) is 0 Å². The molecule has 0 unspecified atom stereocenters. The van der Waals surface area contributed by atoms with Crippen molar-refractivity contribution in [1.29, 1.82) is 0 Å². The summed E-state index contributed by atoms with van der Waals surface area (Å²) in [7, 11) is 1.56. The van der Waals surface area contributed by atoms with E-state index >= 15 is 0 Å². The number of carbonyl (C=O) groups excluding carboxylic acids is 1. The summed E-state index contributed by atoms with van der Waals surface area (Å²) in [4.78, 5) is 20.1. The lowest BCUT2D eigenvalue weighted by Gasteiger charge is -2.08. The van der Waals surface area contributed by atoms with Crippen LogP contribution >= 0.6 is 0 Å². The second-order valence-electron chi connectivity index (χ2n) is 4.41. The smallest absolute Gasteiger partial charge is 0.360 e. The molecule has 0 fully saturated rings. The van der Waals surface area contributed by atoms with Crippen LogP contribution in [0.4, 0.5) is 5.82 Å². The molecule has 0 bridgehead atoms. The minimum Gasteiger partial charge on any atom is -0.481 e. The Hall–Kier alpha value is -2.57. The van der Waals surface area contributed by atoms with E-state index in [1.807, 2.05) is 6.07 Å². The number of methoxy groups -OCH3 is 1. The number of hydrogen-bond acceptors (Lipinski definition) is 6. The predicted octanol–water partition coefficient (Wildman–Crippen LogP) is 1.40. The Balaban J connectivity index is 2.25. The average molecular weight is 290 g/mol. The number of aromatic nitrogens is 3. The highest BCUT2D eigenvalue weighted by Gasteiger charge is 2.19. The molecular formula is C14H18N4O3. The number of nitrogen functional groups attached to an aromatic ring is 1. The molecule has 0 saturated carbocycles. The topological polar surface area (TPSA) is 92.3 Å². The molecule has 2 heterocycles. The zero-order valence-corrected chi connectivity index (χ0v) is 12.3. The Morgan fingerprint density at radius 2 is 2.19 bits per heavy atom. The molecule has 7 heteroatoms. The fourth-order valence-electron chi connectivity index (χ4n) is 1.94. The molecule has 112 valence electrons. The van der Waals surface area contributed by atoms with Gasteiger partial charge in [0.05, 0.1) is 20.3 Å². The van der Waals surface area contributed by atoms with Crippen molar-refractivity contribution in [3.8, 4) is 5.88 Å². The molecule has 0 saturated heterocycles. The molecule has 21 heavy (non-hydrogen) atoms. The largest absolute Gasteiger partial charge is 0.481 e. The van der Waals surface area contributed by atoms with E-state index in [0.29, 0.717) is 24.1 Å². The van der Waals surface area contributed by atoms with Crippen LogP contribution in [0.15, 0.2) is 18.3 Å². The third kappa shape index (κ3) is 3.13. The van der Waals surface area contributed by atoms with Crippen LogP contribution in [0.1, 0.15) is 28.8 Å². The standard InChI is InChI=1S/C14H18N4O3/c1-4-21-14(19)12-13(15)18(9(2)17-12)8-10-5-6-11(20-3)16-7-10/h5-7H,4,8,15H2,1-3H3. The fraction of sp³-hybridized carbons (Fsp3) is 0.357. The van der Waals surface area contributed by atoms with Gasteiger partial charge in [-0.2, -0.15) is 0 Å². The Labute approximate surface area is 122 Å². The summed E-state index contributed by atoms with van der Waals surface area (Å²) in [6.45, 7) is 4.28. The summed E-state index contributed by atoms with van der Waals surface area (Å²) < 4.78 is 11.7. The molecule has 2 N–H and O–H groups in total. The van der Waals surface area contributed by atoms with Crippen molar-refractivity contribution >= 4 is 11.8 Å². The van der Waals surface area contributed by atoms with Gasteiger partial charge in [-0.05, 0) is 19.4 Å². The molecule has 0 aliphatic rings. The molecule has 0 amide bonds. The average Bonchev–Trinajstić information content (AvgIpc) is 2.76. The number of nitrogens with two attached hydrogens (primary N) is 1. The summed E-state index contributed by atoms with van der Waals surface area (Å²) >= 11 is 0. The van der Waals surface area contributed by atoms with Crippen LogP contribution in [-0.2, 0) is 11.3 Å². The maximum Gasteiger partial charge on any atom is 0.360 e. The Morgan fingerprint density at radius 3 is 2.76 bits per heavy atom. The maximum absolute atomic E-state index is 11.8. The molecule has 7 nitrogen and oxygen atoms in total. The summed E-state index contributed by atoms with van der Waals surface area (Å²) in [6, 6.07) is 3.65. The summed E-state index contributed by atoms with van der Waals surface area (Å²) in [5.41, 5.74) is 7.07. The van der Waals surface area contributed by atoms with E-state index in [9.17, 15) is 4.79 Å². The predicted molar refractivity (Wildman–Crippen MR) is 77.2 cm³/mol. The summed E-state index contributed by atoms with van der Waals surface area (Å²) in [5.74, 6) is 0.971. The van der Waals surface area contributed by atoms with Crippen LogP contribution in [0.2, 0.25) is 0 Å². The number of carbonyl (C=O) groups is 1. The summed E-state index contributed by atoms with van der Waals surface area (Å²) in [6.07, 6.45) is 1.70. The van der Waals surface area contributed by atoms with Crippen molar-refractivity contribution in [3.63, 3.8) is 0 Å². The number of aryl methyl sites for hydroxylation is 1. The monoisotopic (exact) mass is 290 g/mol. The lowest BCUT2D eigenvalue weighted by Crippen LogP contribution is -2.10. The Bertz CT molecular complexity index is 634. The van der Waals surface area contributed by atoms with Gasteiger partial charge in [0, 0.05) is 12.3 Å². The van der Waals surface area contributed by atoms with E-state index in [-0.39, 0.29) is 12.3 Å². The highest BCUT2D eigenvalue weighted by Crippen LogP contribution is 2.18. The van der Waals surface area contributed by atoms with E-state index in [2.05, 4.69) is 9.97 Å². The molecular weight excluding hydrogens is 272 g/mol. The Morgan fingerprint density at radius 1 is 1.43 bits per heavy atom. The minimum absolute atomic E-state index is 0.149. The summed E-state index contributed by atoms with van der Waals surface area (Å²) in [5, 5.41) is 0. The highest BCUT2D eigenvalue weighted by molar-refractivity contribution is 5.92. The number of anilines is 1. The molecule has 2 rings (SSSR count). The van der Waals surface area contributed by atoms with Crippen molar-refractivity contribution in [2.45, 2.75) is 20.4 Å². The fourth-order valence-corrected chi connectivity index (χ4v) is 1.94. The van der Waals surface area contributed by atoms with Gasteiger partial charge in [0.25, 0.3) is 0 Å². The van der Waals surface area contributed by atoms with Gasteiger partial charge >= 0.3 is 5.97 Å². The first-order valence-electron chi connectivity index (χ1n) is 6.55. The van der Waals surface area contributed by atoms with Gasteiger partial charge in [-0.1, -0.05) is 6.07 Å². The second-order valence-corrected chi connectivity index (χ2v) is 4.41. The van der Waals surface area contributed by atoms with Crippen LogP contribution in [0.3, 0.4) is 0 Å². The van der Waals surface area contributed by atoms with Gasteiger partial charge in [0.2, 0.25) is 5.88 Å².